The molecule has 1 fully saturated rings. The van der Waals surface area contributed by atoms with E-state index < -0.39 is 9.84 Å². The van der Waals surface area contributed by atoms with Crippen LogP contribution in [0.3, 0.4) is 0 Å². The summed E-state index contributed by atoms with van der Waals surface area (Å²) in [6.07, 6.45) is 3.67. The van der Waals surface area contributed by atoms with Crippen LogP contribution in [-0.2, 0) is 21.2 Å². The van der Waals surface area contributed by atoms with Crippen LogP contribution in [0.4, 0.5) is 0 Å². The Hall–Kier alpha value is -2.31. The average molecular weight is 420 g/mol. The zero-order valence-electron chi connectivity index (χ0n) is 15.5. The summed E-state index contributed by atoms with van der Waals surface area (Å²) >= 11 is 5.93. The van der Waals surface area contributed by atoms with Crippen LogP contribution in [0, 0.1) is 0 Å². The van der Waals surface area contributed by atoms with Crippen LogP contribution in [0.15, 0.2) is 54.6 Å². The van der Waals surface area contributed by atoms with Gasteiger partial charge in [0.05, 0.1) is 18.6 Å². The molecule has 0 saturated carbocycles. The Kier molecular flexibility index (Phi) is 6.42. The van der Waals surface area contributed by atoms with Crippen LogP contribution in [0.1, 0.15) is 17.5 Å². The van der Waals surface area contributed by atoms with E-state index in [9.17, 15) is 13.2 Å². The zero-order chi connectivity index (χ0) is 20.1. The minimum atomic E-state index is -3.10. The molecule has 148 valence electrons. The molecule has 1 heterocycles. The lowest BCUT2D eigenvalue weighted by atomic mass is 10.1. The Labute approximate surface area is 170 Å². The third kappa shape index (κ3) is 5.36. The Morgan fingerprint density at radius 3 is 2.43 bits per heavy atom. The standard InChI is InChI=1S/C21H22ClNO4S/c1-27-20-9-4-16(5-10-20)6-11-21(24)23(19-12-13-28(25,26)15-19)14-17-2-7-18(22)8-3-17/h2-11,19H,12-15H2,1H3/b11-6+. The van der Waals surface area contributed by atoms with Gasteiger partial charge in [0.1, 0.15) is 5.75 Å². The summed E-state index contributed by atoms with van der Waals surface area (Å²) in [7, 11) is -1.50. The monoisotopic (exact) mass is 419 g/mol. The summed E-state index contributed by atoms with van der Waals surface area (Å²) in [5.74, 6) is 0.643. The number of hydrogen-bond donors (Lipinski definition) is 0. The van der Waals surface area contributed by atoms with Gasteiger partial charge in [0.25, 0.3) is 0 Å². The molecule has 1 unspecified atom stereocenters. The molecule has 3 rings (SSSR count). The summed E-state index contributed by atoms with van der Waals surface area (Å²) in [6, 6.07) is 14.2. The molecule has 0 aliphatic carbocycles. The van der Waals surface area contributed by atoms with Crippen LogP contribution < -0.4 is 4.74 Å². The molecular weight excluding hydrogens is 398 g/mol. The highest BCUT2D eigenvalue weighted by Crippen LogP contribution is 2.22. The Balaban J connectivity index is 1.79. The van der Waals surface area contributed by atoms with Crippen LogP contribution in [0.25, 0.3) is 6.08 Å². The molecule has 5 nitrogen and oxygen atoms in total. The van der Waals surface area contributed by atoms with E-state index in [1.165, 1.54) is 6.08 Å². The van der Waals surface area contributed by atoms with Gasteiger partial charge in [0.2, 0.25) is 5.91 Å². The number of benzene rings is 2. The van der Waals surface area contributed by atoms with Gasteiger partial charge in [-0.2, -0.15) is 0 Å². The third-order valence-electron chi connectivity index (χ3n) is 4.73. The van der Waals surface area contributed by atoms with Crippen molar-refractivity contribution in [1.29, 1.82) is 0 Å². The maximum atomic E-state index is 12.9. The second kappa shape index (κ2) is 8.80. The third-order valence-corrected chi connectivity index (χ3v) is 6.73. The Morgan fingerprint density at radius 2 is 1.86 bits per heavy atom. The molecule has 0 bridgehead atoms. The lowest BCUT2D eigenvalue weighted by molar-refractivity contribution is -0.128. The normalized spacial score (nSPS) is 18.3. The summed E-state index contributed by atoms with van der Waals surface area (Å²) in [5, 5.41) is 0.615. The van der Waals surface area contributed by atoms with Gasteiger partial charge < -0.3 is 9.64 Å². The molecule has 1 atom stereocenters. The molecule has 2 aromatic carbocycles. The van der Waals surface area contributed by atoms with E-state index >= 15 is 0 Å². The number of sulfone groups is 1. The van der Waals surface area contributed by atoms with Crippen molar-refractivity contribution in [3.8, 4) is 5.75 Å². The molecule has 1 saturated heterocycles. The number of halogens is 1. The molecule has 0 aromatic heterocycles. The van der Waals surface area contributed by atoms with E-state index in [0.717, 1.165) is 16.9 Å². The van der Waals surface area contributed by atoms with E-state index in [1.807, 2.05) is 36.4 Å². The highest BCUT2D eigenvalue weighted by Gasteiger charge is 2.34. The second-order valence-corrected chi connectivity index (χ2v) is 9.42. The zero-order valence-corrected chi connectivity index (χ0v) is 17.1. The minimum Gasteiger partial charge on any atom is -0.497 e. The highest BCUT2D eigenvalue weighted by molar-refractivity contribution is 7.91. The van der Waals surface area contributed by atoms with E-state index in [0.29, 0.717) is 18.0 Å². The van der Waals surface area contributed by atoms with Crippen molar-refractivity contribution in [1.82, 2.24) is 4.90 Å². The molecule has 1 aliphatic rings. The van der Waals surface area contributed by atoms with E-state index in [4.69, 9.17) is 16.3 Å². The quantitative estimate of drug-likeness (QED) is 0.671. The smallest absolute Gasteiger partial charge is 0.247 e. The van der Waals surface area contributed by atoms with Crippen molar-refractivity contribution in [2.75, 3.05) is 18.6 Å². The fraction of sp³-hybridized carbons (Fsp3) is 0.286. The summed E-state index contributed by atoms with van der Waals surface area (Å²) in [5.41, 5.74) is 1.76. The van der Waals surface area contributed by atoms with Crippen LogP contribution in [-0.4, -0.2) is 43.9 Å². The van der Waals surface area contributed by atoms with Crippen molar-refractivity contribution < 1.29 is 17.9 Å². The molecule has 0 radical (unpaired) electrons. The maximum absolute atomic E-state index is 12.9. The summed E-state index contributed by atoms with van der Waals surface area (Å²) in [4.78, 5) is 14.5. The summed E-state index contributed by atoms with van der Waals surface area (Å²) in [6.45, 7) is 0.336. The van der Waals surface area contributed by atoms with E-state index in [-0.39, 0.29) is 23.5 Å². The van der Waals surface area contributed by atoms with Crippen molar-refractivity contribution in [3.05, 3.63) is 70.8 Å². The fourth-order valence-corrected chi connectivity index (χ4v) is 5.03. The molecule has 1 aliphatic heterocycles. The van der Waals surface area contributed by atoms with Crippen molar-refractivity contribution in [2.24, 2.45) is 0 Å². The fourth-order valence-electron chi connectivity index (χ4n) is 3.17. The van der Waals surface area contributed by atoms with Crippen molar-refractivity contribution in [3.63, 3.8) is 0 Å². The maximum Gasteiger partial charge on any atom is 0.247 e. The van der Waals surface area contributed by atoms with Crippen LogP contribution in [0.5, 0.6) is 5.75 Å². The second-order valence-electron chi connectivity index (χ2n) is 6.76. The number of carbonyl (C=O) groups excluding carboxylic acids is 1. The number of nitrogens with zero attached hydrogens (tertiary/aromatic N) is 1. The Morgan fingerprint density at radius 1 is 1.18 bits per heavy atom. The molecule has 2 aromatic rings. The first-order valence-corrected chi connectivity index (χ1v) is 11.1. The van der Waals surface area contributed by atoms with Gasteiger partial charge in [-0.05, 0) is 47.9 Å². The van der Waals surface area contributed by atoms with Gasteiger partial charge in [0.15, 0.2) is 9.84 Å². The predicted molar refractivity (Wildman–Crippen MR) is 111 cm³/mol. The topological polar surface area (TPSA) is 63.7 Å². The Bertz CT molecular complexity index is 953. The molecular formula is C21H22ClNO4S. The predicted octanol–water partition coefficient (Wildman–Crippen LogP) is 3.58. The highest BCUT2D eigenvalue weighted by atomic mass is 35.5. The SMILES string of the molecule is COc1ccc(/C=C/C(=O)N(Cc2ccc(Cl)cc2)C2CCS(=O)(=O)C2)cc1. The first-order valence-electron chi connectivity index (χ1n) is 8.94. The van der Waals surface area contributed by atoms with Gasteiger partial charge in [-0.25, -0.2) is 8.42 Å². The van der Waals surface area contributed by atoms with Gasteiger partial charge in [0, 0.05) is 23.7 Å². The largest absolute Gasteiger partial charge is 0.497 e. The van der Waals surface area contributed by atoms with Gasteiger partial charge in [-0.1, -0.05) is 35.9 Å². The minimum absolute atomic E-state index is 0.00268. The van der Waals surface area contributed by atoms with Gasteiger partial charge in [-0.15, -0.1) is 0 Å². The number of hydrogen-bond acceptors (Lipinski definition) is 4. The molecule has 7 heteroatoms. The average Bonchev–Trinajstić information content (AvgIpc) is 3.05. The van der Waals surface area contributed by atoms with E-state index in [1.54, 1.807) is 30.2 Å². The number of carbonyl (C=O) groups is 1. The molecule has 1 amide bonds. The molecule has 0 N–H and O–H groups in total. The number of methoxy groups -OCH3 is 1. The molecule has 0 spiro atoms. The first kappa shape index (κ1) is 20.4. The number of amides is 1. The van der Waals surface area contributed by atoms with E-state index in [2.05, 4.69) is 0 Å². The first-order chi connectivity index (χ1) is 13.4. The van der Waals surface area contributed by atoms with Crippen LogP contribution >= 0.6 is 11.6 Å². The summed E-state index contributed by atoms with van der Waals surface area (Å²) < 4.78 is 29.0. The van der Waals surface area contributed by atoms with Gasteiger partial charge >= 0.3 is 0 Å². The lowest BCUT2D eigenvalue weighted by Crippen LogP contribution is -2.39. The van der Waals surface area contributed by atoms with Crippen LogP contribution in [0.2, 0.25) is 5.02 Å². The molecule has 28 heavy (non-hydrogen) atoms. The lowest BCUT2D eigenvalue weighted by Gasteiger charge is -2.27. The number of ether oxygens (including phenoxy) is 1. The number of rotatable bonds is 6. The van der Waals surface area contributed by atoms with Crippen molar-refractivity contribution >= 4 is 33.4 Å². The van der Waals surface area contributed by atoms with Crippen molar-refractivity contribution in [2.45, 2.75) is 19.0 Å². The van der Waals surface area contributed by atoms with Gasteiger partial charge in [-0.3, -0.25) is 4.79 Å².